The zero-order chi connectivity index (χ0) is 11.5. The molecule has 1 aromatic carbocycles. The number of ketones is 1. The van der Waals surface area contributed by atoms with Crippen LogP contribution in [0.4, 0.5) is 4.39 Å². The molecule has 1 aromatic rings. The van der Waals surface area contributed by atoms with Gasteiger partial charge in [0.1, 0.15) is 5.82 Å². The van der Waals surface area contributed by atoms with E-state index in [2.05, 4.69) is 0 Å². The fourth-order valence-electron chi connectivity index (χ4n) is 2.26. The topological polar surface area (TPSA) is 17.1 Å². The Morgan fingerprint density at radius 1 is 1.38 bits per heavy atom. The fourth-order valence-corrected chi connectivity index (χ4v) is 2.38. The maximum atomic E-state index is 13.2. The van der Waals surface area contributed by atoms with E-state index < -0.39 is 5.82 Å². The Hall–Kier alpha value is -0.890. The summed E-state index contributed by atoms with van der Waals surface area (Å²) in [5, 5.41) is 0.0671. The number of hydrogen-bond donors (Lipinski definition) is 0. The van der Waals surface area contributed by atoms with Crippen molar-refractivity contribution < 1.29 is 9.18 Å². The SMILES string of the molecule is O=C(CC1CCCC1)c1ccc(Cl)c(F)c1. The Balaban J connectivity index is 2.05. The van der Waals surface area contributed by atoms with Crippen LogP contribution in [0.1, 0.15) is 42.5 Å². The molecular formula is C13H14ClFO. The van der Waals surface area contributed by atoms with Crippen LogP contribution in [0.3, 0.4) is 0 Å². The van der Waals surface area contributed by atoms with Gasteiger partial charge in [0, 0.05) is 12.0 Å². The van der Waals surface area contributed by atoms with E-state index in [1.54, 1.807) is 6.07 Å². The Kier molecular flexibility index (Phi) is 3.59. The van der Waals surface area contributed by atoms with Gasteiger partial charge in [-0.15, -0.1) is 0 Å². The first-order valence-electron chi connectivity index (χ1n) is 5.65. The third-order valence-electron chi connectivity index (χ3n) is 3.19. The predicted octanol–water partition coefficient (Wildman–Crippen LogP) is 4.24. The van der Waals surface area contributed by atoms with Gasteiger partial charge >= 0.3 is 0 Å². The largest absolute Gasteiger partial charge is 0.294 e. The number of benzene rings is 1. The Labute approximate surface area is 99.6 Å². The number of Topliss-reactive ketones (excluding diaryl/α,β-unsaturated/α-hetero) is 1. The molecule has 1 aliphatic rings. The van der Waals surface area contributed by atoms with Crippen molar-refractivity contribution in [1.82, 2.24) is 0 Å². The highest BCUT2D eigenvalue weighted by Crippen LogP contribution is 2.29. The van der Waals surface area contributed by atoms with Gasteiger partial charge in [0.2, 0.25) is 0 Å². The molecule has 0 saturated heterocycles. The van der Waals surface area contributed by atoms with Gasteiger partial charge in [-0.25, -0.2) is 4.39 Å². The summed E-state index contributed by atoms with van der Waals surface area (Å²) in [6, 6.07) is 4.28. The van der Waals surface area contributed by atoms with E-state index in [1.165, 1.54) is 25.0 Å². The molecule has 0 bridgehead atoms. The molecule has 0 amide bonds. The van der Waals surface area contributed by atoms with Gasteiger partial charge in [-0.2, -0.15) is 0 Å². The first kappa shape index (κ1) is 11.6. The quantitative estimate of drug-likeness (QED) is 0.722. The van der Waals surface area contributed by atoms with Crippen molar-refractivity contribution >= 4 is 17.4 Å². The van der Waals surface area contributed by atoms with Crippen LogP contribution in [0.25, 0.3) is 0 Å². The van der Waals surface area contributed by atoms with Gasteiger partial charge in [-0.05, 0) is 24.1 Å². The summed E-state index contributed by atoms with van der Waals surface area (Å²) < 4.78 is 13.2. The Bertz CT molecular complexity index is 397. The van der Waals surface area contributed by atoms with Crippen LogP contribution in [-0.2, 0) is 0 Å². The molecule has 0 heterocycles. The first-order chi connectivity index (χ1) is 7.66. The molecule has 0 aromatic heterocycles. The van der Waals surface area contributed by atoms with Crippen molar-refractivity contribution in [3.05, 3.63) is 34.6 Å². The van der Waals surface area contributed by atoms with E-state index in [4.69, 9.17) is 11.6 Å². The zero-order valence-corrected chi connectivity index (χ0v) is 9.77. The molecule has 0 N–H and O–H groups in total. The molecule has 0 radical (unpaired) electrons. The van der Waals surface area contributed by atoms with Crippen LogP contribution in [0, 0.1) is 11.7 Å². The Morgan fingerprint density at radius 3 is 2.69 bits per heavy atom. The van der Waals surface area contributed by atoms with E-state index in [0.717, 1.165) is 12.8 Å². The van der Waals surface area contributed by atoms with Crippen LogP contribution in [-0.4, -0.2) is 5.78 Å². The predicted molar refractivity (Wildman–Crippen MR) is 62.3 cm³/mol. The highest BCUT2D eigenvalue weighted by atomic mass is 35.5. The average Bonchev–Trinajstić information content (AvgIpc) is 2.74. The number of carbonyl (C=O) groups is 1. The van der Waals surface area contributed by atoms with Gasteiger partial charge in [-0.1, -0.05) is 37.3 Å². The summed E-state index contributed by atoms with van der Waals surface area (Å²) in [4.78, 5) is 11.9. The molecule has 0 spiro atoms. The zero-order valence-electron chi connectivity index (χ0n) is 9.01. The molecule has 1 nitrogen and oxygen atoms in total. The monoisotopic (exact) mass is 240 g/mol. The third kappa shape index (κ3) is 2.62. The van der Waals surface area contributed by atoms with Crippen molar-refractivity contribution in [3.8, 4) is 0 Å². The highest BCUT2D eigenvalue weighted by Gasteiger charge is 2.19. The number of halogens is 2. The maximum absolute atomic E-state index is 13.2. The average molecular weight is 241 g/mol. The molecule has 16 heavy (non-hydrogen) atoms. The number of carbonyl (C=O) groups excluding carboxylic acids is 1. The lowest BCUT2D eigenvalue weighted by Crippen LogP contribution is -2.06. The summed E-state index contributed by atoms with van der Waals surface area (Å²) >= 11 is 5.57. The molecule has 1 fully saturated rings. The van der Waals surface area contributed by atoms with E-state index in [9.17, 15) is 9.18 Å². The minimum Gasteiger partial charge on any atom is -0.294 e. The van der Waals surface area contributed by atoms with Crippen molar-refractivity contribution in [1.29, 1.82) is 0 Å². The van der Waals surface area contributed by atoms with Crippen LogP contribution < -0.4 is 0 Å². The number of rotatable bonds is 3. The van der Waals surface area contributed by atoms with Crippen molar-refractivity contribution in [2.24, 2.45) is 5.92 Å². The number of hydrogen-bond acceptors (Lipinski definition) is 1. The van der Waals surface area contributed by atoms with Gasteiger partial charge in [0.05, 0.1) is 5.02 Å². The second kappa shape index (κ2) is 4.96. The van der Waals surface area contributed by atoms with Crippen LogP contribution in [0.15, 0.2) is 18.2 Å². The van der Waals surface area contributed by atoms with Crippen molar-refractivity contribution in [2.45, 2.75) is 32.1 Å². The molecule has 0 unspecified atom stereocenters. The first-order valence-corrected chi connectivity index (χ1v) is 6.03. The molecule has 3 heteroatoms. The molecule has 0 aliphatic heterocycles. The third-order valence-corrected chi connectivity index (χ3v) is 3.50. The summed E-state index contributed by atoms with van der Waals surface area (Å²) in [6.45, 7) is 0. The van der Waals surface area contributed by atoms with E-state index in [0.29, 0.717) is 17.9 Å². The standard InChI is InChI=1S/C13H14ClFO/c14-11-6-5-10(8-12(11)15)13(16)7-9-3-1-2-4-9/h5-6,8-9H,1-4,7H2. The van der Waals surface area contributed by atoms with E-state index in [1.807, 2.05) is 0 Å². The molecule has 1 saturated carbocycles. The lowest BCUT2D eigenvalue weighted by atomic mass is 9.97. The van der Waals surface area contributed by atoms with Crippen LogP contribution >= 0.6 is 11.6 Å². The van der Waals surface area contributed by atoms with Gasteiger partial charge < -0.3 is 0 Å². The molecular weight excluding hydrogens is 227 g/mol. The maximum Gasteiger partial charge on any atom is 0.163 e. The highest BCUT2D eigenvalue weighted by molar-refractivity contribution is 6.30. The van der Waals surface area contributed by atoms with Crippen LogP contribution in [0.5, 0.6) is 0 Å². The Morgan fingerprint density at radius 2 is 2.06 bits per heavy atom. The van der Waals surface area contributed by atoms with Crippen molar-refractivity contribution in [3.63, 3.8) is 0 Å². The lowest BCUT2D eigenvalue weighted by molar-refractivity contribution is 0.0961. The summed E-state index contributed by atoms with van der Waals surface area (Å²) in [5.41, 5.74) is 0.439. The van der Waals surface area contributed by atoms with E-state index >= 15 is 0 Å². The summed E-state index contributed by atoms with van der Waals surface area (Å²) in [5.74, 6) is 0.00708. The molecule has 0 atom stereocenters. The molecule has 2 rings (SSSR count). The van der Waals surface area contributed by atoms with Gasteiger partial charge in [0.15, 0.2) is 5.78 Å². The van der Waals surface area contributed by atoms with Gasteiger partial charge in [-0.3, -0.25) is 4.79 Å². The lowest BCUT2D eigenvalue weighted by Gasteiger charge is -2.07. The molecule has 1 aliphatic carbocycles. The molecule has 86 valence electrons. The second-order valence-corrected chi connectivity index (χ2v) is 4.81. The minimum absolute atomic E-state index is 0.0301. The smallest absolute Gasteiger partial charge is 0.163 e. The second-order valence-electron chi connectivity index (χ2n) is 4.41. The minimum atomic E-state index is -0.515. The summed E-state index contributed by atoms with van der Waals surface area (Å²) in [6.07, 6.45) is 5.23. The van der Waals surface area contributed by atoms with Crippen LogP contribution in [0.2, 0.25) is 5.02 Å². The van der Waals surface area contributed by atoms with Gasteiger partial charge in [0.25, 0.3) is 0 Å². The van der Waals surface area contributed by atoms with E-state index in [-0.39, 0.29) is 10.8 Å². The summed E-state index contributed by atoms with van der Waals surface area (Å²) in [7, 11) is 0. The van der Waals surface area contributed by atoms with Crippen molar-refractivity contribution in [2.75, 3.05) is 0 Å². The fraction of sp³-hybridized carbons (Fsp3) is 0.462. The normalized spacial score (nSPS) is 16.6.